The van der Waals surface area contributed by atoms with Crippen molar-refractivity contribution in [2.24, 2.45) is 22.7 Å². The molecular formula is C19H23FO2. The lowest BCUT2D eigenvalue weighted by atomic mass is 9.47. The van der Waals surface area contributed by atoms with Crippen LogP contribution in [0.4, 0.5) is 4.39 Å². The van der Waals surface area contributed by atoms with Gasteiger partial charge in [-0.25, -0.2) is 4.39 Å². The third kappa shape index (κ3) is 1.50. The Morgan fingerprint density at radius 2 is 1.82 bits per heavy atom. The second-order valence-electron chi connectivity index (χ2n) is 8.10. The van der Waals surface area contributed by atoms with Crippen LogP contribution >= 0.6 is 0 Å². The van der Waals surface area contributed by atoms with Gasteiger partial charge in [0.25, 0.3) is 0 Å². The largest absolute Gasteiger partial charge is 0.299 e. The number of ketones is 2. The van der Waals surface area contributed by atoms with Crippen molar-refractivity contribution in [3.63, 3.8) is 0 Å². The number of fused-ring (bicyclic) bond motifs is 5. The molecule has 0 radical (unpaired) electrons. The number of carbonyl (C=O) groups excluding carboxylic acids is 2. The van der Waals surface area contributed by atoms with E-state index < -0.39 is 11.1 Å². The number of hydrogen-bond acceptors (Lipinski definition) is 2. The molecule has 5 atom stereocenters. The highest BCUT2D eigenvalue weighted by Crippen LogP contribution is 2.66. The average Bonchev–Trinajstić information content (AvgIpc) is 2.77. The second-order valence-corrected chi connectivity index (χ2v) is 8.10. The Balaban J connectivity index is 1.79. The zero-order valence-electron chi connectivity index (χ0n) is 13.3. The van der Waals surface area contributed by atoms with Gasteiger partial charge in [0.15, 0.2) is 5.78 Å². The fraction of sp³-hybridized carbons (Fsp3) is 0.684. The Labute approximate surface area is 130 Å². The summed E-state index contributed by atoms with van der Waals surface area (Å²) < 4.78 is 16.3. The van der Waals surface area contributed by atoms with E-state index in [9.17, 15) is 9.59 Å². The fourth-order valence-corrected chi connectivity index (χ4v) is 5.86. The van der Waals surface area contributed by atoms with E-state index in [1.807, 2.05) is 6.92 Å². The predicted molar refractivity (Wildman–Crippen MR) is 82.0 cm³/mol. The molecule has 0 heterocycles. The SMILES string of the molecule is C[C@]12C=CC(=O)C=C1CC[C@H]1[C@@H]3CCC(=O)[C@@]3(C)CC[C@@]12F. The molecule has 0 aromatic rings. The minimum absolute atomic E-state index is 0.0220. The summed E-state index contributed by atoms with van der Waals surface area (Å²) in [7, 11) is 0. The van der Waals surface area contributed by atoms with Gasteiger partial charge >= 0.3 is 0 Å². The van der Waals surface area contributed by atoms with Crippen LogP contribution in [-0.2, 0) is 9.59 Å². The topological polar surface area (TPSA) is 34.1 Å². The highest BCUT2D eigenvalue weighted by atomic mass is 19.1. The number of allylic oxidation sites excluding steroid dienone is 4. The van der Waals surface area contributed by atoms with E-state index in [1.165, 1.54) is 6.08 Å². The number of Topliss-reactive ketones (excluding diaryl/α,β-unsaturated/α-hetero) is 1. The van der Waals surface area contributed by atoms with Crippen molar-refractivity contribution in [3.05, 3.63) is 23.8 Å². The van der Waals surface area contributed by atoms with Gasteiger partial charge in [0.1, 0.15) is 11.5 Å². The van der Waals surface area contributed by atoms with E-state index in [1.54, 1.807) is 12.2 Å². The van der Waals surface area contributed by atoms with Gasteiger partial charge in [0, 0.05) is 17.3 Å². The zero-order chi connectivity index (χ0) is 15.8. The minimum atomic E-state index is -1.32. The quantitative estimate of drug-likeness (QED) is 0.679. The summed E-state index contributed by atoms with van der Waals surface area (Å²) in [6.45, 7) is 4.01. The van der Waals surface area contributed by atoms with Crippen molar-refractivity contribution in [2.45, 2.75) is 58.0 Å². The van der Waals surface area contributed by atoms with Crippen molar-refractivity contribution in [3.8, 4) is 0 Å². The van der Waals surface area contributed by atoms with Crippen molar-refractivity contribution >= 4 is 11.6 Å². The lowest BCUT2D eigenvalue weighted by molar-refractivity contribution is -0.144. The summed E-state index contributed by atoms with van der Waals surface area (Å²) in [6.07, 6.45) is 9.06. The maximum absolute atomic E-state index is 16.3. The van der Waals surface area contributed by atoms with Crippen LogP contribution in [0.1, 0.15) is 52.4 Å². The van der Waals surface area contributed by atoms with Crippen LogP contribution in [0, 0.1) is 22.7 Å². The van der Waals surface area contributed by atoms with Crippen LogP contribution < -0.4 is 0 Å². The number of rotatable bonds is 0. The Kier molecular flexibility index (Phi) is 2.73. The molecule has 0 spiro atoms. The summed E-state index contributed by atoms with van der Waals surface area (Å²) in [4.78, 5) is 24.0. The van der Waals surface area contributed by atoms with Gasteiger partial charge in [0.2, 0.25) is 0 Å². The highest BCUT2D eigenvalue weighted by Gasteiger charge is 2.66. The van der Waals surface area contributed by atoms with Crippen LogP contribution in [-0.4, -0.2) is 17.2 Å². The van der Waals surface area contributed by atoms with Crippen LogP contribution in [0.2, 0.25) is 0 Å². The van der Waals surface area contributed by atoms with E-state index in [4.69, 9.17) is 0 Å². The molecule has 0 aromatic carbocycles. The molecular weight excluding hydrogens is 279 g/mol. The molecule has 0 N–H and O–H groups in total. The maximum Gasteiger partial charge on any atom is 0.178 e. The smallest absolute Gasteiger partial charge is 0.178 e. The Hall–Kier alpha value is -1.25. The molecule has 22 heavy (non-hydrogen) atoms. The molecule has 4 aliphatic carbocycles. The molecule has 0 aromatic heterocycles. The van der Waals surface area contributed by atoms with E-state index in [0.29, 0.717) is 25.0 Å². The van der Waals surface area contributed by atoms with Gasteiger partial charge in [-0.15, -0.1) is 0 Å². The number of carbonyl (C=O) groups is 2. The van der Waals surface area contributed by atoms with E-state index in [-0.39, 0.29) is 23.0 Å². The molecule has 0 saturated heterocycles. The first-order valence-electron chi connectivity index (χ1n) is 8.48. The van der Waals surface area contributed by atoms with Crippen molar-refractivity contribution in [1.29, 1.82) is 0 Å². The molecule has 3 heteroatoms. The van der Waals surface area contributed by atoms with Crippen LogP contribution in [0.5, 0.6) is 0 Å². The summed E-state index contributed by atoms with van der Waals surface area (Å²) in [5.74, 6) is 0.424. The third-order valence-corrected chi connectivity index (χ3v) is 7.37. The van der Waals surface area contributed by atoms with Gasteiger partial charge in [-0.3, -0.25) is 9.59 Å². The molecule has 2 nitrogen and oxygen atoms in total. The molecule has 0 bridgehead atoms. The Bertz CT molecular complexity index is 633. The van der Waals surface area contributed by atoms with E-state index in [0.717, 1.165) is 24.8 Å². The van der Waals surface area contributed by atoms with Gasteiger partial charge in [-0.1, -0.05) is 18.6 Å². The average molecular weight is 302 g/mol. The Morgan fingerprint density at radius 1 is 1.09 bits per heavy atom. The molecule has 4 rings (SSSR count). The first-order chi connectivity index (χ1) is 10.3. The lowest BCUT2D eigenvalue weighted by Crippen LogP contribution is -2.59. The summed E-state index contributed by atoms with van der Waals surface area (Å²) in [5, 5.41) is 0. The normalized spacial score (nSPS) is 50.2. The molecule has 118 valence electrons. The first-order valence-corrected chi connectivity index (χ1v) is 8.48. The summed E-state index contributed by atoms with van der Waals surface area (Å²) >= 11 is 0. The third-order valence-electron chi connectivity index (χ3n) is 7.37. The Morgan fingerprint density at radius 3 is 2.59 bits per heavy atom. The monoisotopic (exact) mass is 302 g/mol. The van der Waals surface area contributed by atoms with Gasteiger partial charge in [-0.2, -0.15) is 0 Å². The van der Waals surface area contributed by atoms with E-state index in [2.05, 4.69) is 6.92 Å². The molecule has 3 fully saturated rings. The predicted octanol–water partition coefficient (Wildman–Crippen LogP) is 3.96. The number of hydrogen-bond donors (Lipinski definition) is 0. The number of alkyl halides is 1. The van der Waals surface area contributed by atoms with Crippen LogP contribution in [0.15, 0.2) is 23.8 Å². The molecule has 4 aliphatic rings. The summed E-state index contributed by atoms with van der Waals surface area (Å²) in [6, 6.07) is 0. The fourth-order valence-electron chi connectivity index (χ4n) is 5.86. The van der Waals surface area contributed by atoms with Crippen molar-refractivity contribution in [2.75, 3.05) is 0 Å². The highest BCUT2D eigenvalue weighted by molar-refractivity contribution is 6.01. The molecule has 0 unspecified atom stereocenters. The molecule has 0 amide bonds. The minimum Gasteiger partial charge on any atom is -0.299 e. The standard InChI is InChI=1S/C19H23FO2/c1-17-9-10-19(20)15(14(17)5-6-16(17)22)4-3-12-11-13(21)7-8-18(12,19)2/h7-8,11,14-15H,3-6,9-10H2,1-2H3/t14-,15-,17-,18-,19+/m0/s1. The first kappa shape index (κ1) is 14.3. The van der Waals surface area contributed by atoms with E-state index >= 15 is 4.39 Å². The van der Waals surface area contributed by atoms with Crippen molar-refractivity contribution in [1.82, 2.24) is 0 Å². The van der Waals surface area contributed by atoms with Crippen LogP contribution in [0.25, 0.3) is 0 Å². The van der Waals surface area contributed by atoms with Gasteiger partial charge in [-0.05, 0) is 63.0 Å². The molecule has 3 saturated carbocycles. The maximum atomic E-state index is 16.3. The second kappa shape index (κ2) is 4.18. The van der Waals surface area contributed by atoms with Crippen LogP contribution in [0.3, 0.4) is 0 Å². The zero-order valence-corrected chi connectivity index (χ0v) is 13.3. The van der Waals surface area contributed by atoms with Gasteiger partial charge in [0.05, 0.1) is 0 Å². The lowest BCUT2D eigenvalue weighted by Gasteiger charge is -2.59. The summed E-state index contributed by atoms with van der Waals surface area (Å²) in [5.41, 5.74) is -1.35. The number of halogens is 1. The van der Waals surface area contributed by atoms with Gasteiger partial charge < -0.3 is 0 Å². The molecule has 0 aliphatic heterocycles. The van der Waals surface area contributed by atoms with Crippen molar-refractivity contribution < 1.29 is 14.0 Å².